The van der Waals surface area contributed by atoms with Crippen LogP contribution in [0.1, 0.15) is 38.5 Å². The Morgan fingerprint density at radius 3 is 2.71 bits per heavy atom. The Labute approximate surface area is 85.4 Å². The van der Waals surface area contributed by atoms with Gasteiger partial charge in [0.05, 0.1) is 13.2 Å². The molecule has 0 aliphatic heterocycles. The number of rotatable bonds is 7. The van der Waals surface area contributed by atoms with Crippen LogP contribution in [0.4, 0.5) is 0 Å². The normalized spacial score (nSPS) is 10.0. The number of unbranched alkanes of at least 4 members (excludes halogenated alkanes) is 4. The Hall–Kier alpha value is -1.30. The summed E-state index contributed by atoms with van der Waals surface area (Å²) < 4.78 is 4.52. The number of hydrogen-bond acceptors (Lipinski definition) is 3. The Bertz CT molecular complexity index is 216. The maximum atomic E-state index is 10.7. The predicted molar refractivity (Wildman–Crippen MR) is 54.5 cm³/mol. The highest BCUT2D eigenvalue weighted by Crippen LogP contribution is 2.06. The zero-order chi connectivity index (χ0) is 10.6. The second kappa shape index (κ2) is 9.79. The molecule has 0 aromatic heterocycles. The molecule has 78 valence electrons. The molecule has 0 saturated heterocycles. The molecule has 0 atom stereocenters. The summed E-state index contributed by atoms with van der Waals surface area (Å²) in [4.78, 5) is 10.7. The number of allylic oxidation sites excluding steroid dienone is 2. The van der Waals surface area contributed by atoms with Gasteiger partial charge in [-0.15, -0.1) is 0 Å². The molecule has 0 radical (unpaired) electrons. The van der Waals surface area contributed by atoms with Gasteiger partial charge >= 0.3 is 5.97 Å². The van der Waals surface area contributed by atoms with E-state index in [1.54, 1.807) is 0 Å². The van der Waals surface area contributed by atoms with Crippen molar-refractivity contribution in [1.82, 2.24) is 0 Å². The van der Waals surface area contributed by atoms with Crippen molar-refractivity contribution in [3.05, 3.63) is 12.2 Å². The van der Waals surface area contributed by atoms with Crippen LogP contribution in [0.15, 0.2) is 12.2 Å². The van der Waals surface area contributed by atoms with Gasteiger partial charge in [-0.25, -0.2) is 0 Å². The molecule has 0 rings (SSSR count). The molecule has 0 N–H and O–H groups in total. The smallest absolute Gasteiger partial charge is 0.305 e. The lowest BCUT2D eigenvalue weighted by Gasteiger charge is -1.98. The molecule has 0 aromatic rings. The third-order valence-electron chi connectivity index (χ3n) is 1.92. The van der Waals surface area contributed by atoms with Crippen LogP contribution in [0, 0.1) is 11.3 Å². The fourth-order valence-electron chi connectivity index (χ4n) is 1.12. The van der Waals surface area contributed by atoms with Crippen molar-refractivity contribution in [1.29, 1.82) is 5.26 Å². The first kappa shape index (κ1) is 12.7. The lowest BCUT2D eigenvalue weighted by Crippen LogP contribution is -1.98. The minimum absolute atomic E-state index is 0.130. The van der Waals surface area contributed by atoms with E-state index in [2.05, 4.69) is 4.74 Å². The average molecular weight is 195 g/mol. The van der Waals surface area contributed by atoms with Crippen LogP contribution in [-0.4, -0.2) is 13.1 Å². The first-order valence-electron chi connectivity index (χ1n) is 4.92. The number of carbonyl (C=O) groups is 1. The van der Waals surface area contributed by atoms with E-state index < -0.39 is 0 Å². The minimum atomic E-state index is -0.130. The molecule has 0 aliphatic rings. The average Bonchev–Trinajstić information content (AvgIpc) is 2.21. The molecule has 0 aliphatic carbocycles. The van der Waals surface area contributed by atoms with Crippen molar-refractivity contribution in [2.75, 3.05) is 7.11 Å². The second-order valence-electron chi connectivity index (χ2n) is 3.06. The van der Waals surface area contributed by atoms with Crippen LogP contribution in [0.5, 0.6) is 0 Å². The van der Waals surface area contributed by atoms with Crippen molar-refractivity contribution in [2.24, 2.45) is 0 Å². The SMILES string of the molecule is COC(=O)CCCCCC/C=C\C#N. The van der Waals surface area contributed by atoms with Gasteiger partial charge in [-0.2, -0.15) is 5.26 Å². The van der Waals surface area contributed by atoms with Crippen molar-refractivity contribution < 1.29 is 9.53 Å². The minimum Gasteiger partial charge on any atom is -0.469 e. The summed E-state index contributed by atoms with van der Waals surface area (Å²) in [5.74, 6) is -0.130. The summed E-state index contributed by atoms with van der Waals surface area (Å²) in [7, 11) is 1.41. The van der Waals surface area contributed by atoms with Crippen LogP contribution in [0.3, 0.4) is 0 Å². The second-order valence-corrected chi connectivity index (χ2v) is 3.06. The van der Waals surface area contributed by atoms with Crippen LogP contribution in [-0.2, 0) is 9.53 Å². The largest absolute Gasteiger partial charge is 0.469 e. The molecule has 14 heavy (non-hydrogen) atoms. The number of hydrogen-bond donors (Lipinski definition) is 0. The highest BCUT2D eigenvalue weighted by molar-refractivity contribution is 5.68. The van der Waals surface area contributed by atoms with E-state index in [1.807, 2.05) is 12.1 Å². The summed E-state index contributed by atoms with van der Waals surface area (Å²) in [6, 6.07) is 1.95. The van der Waals surface area contributed by atoms with Gasteiger partial charge in [0.15, 0.2) is 0 Å². The number of esters is 1. The van der Waals surface area contributed by atoms with Gasteiger partial charge < -0.3 is 4.74 Å². The number of ether oxygens (including phenoxy) is 1. The Morgan fingerprint density at radius 2 is 2.07 bits per heavy atom. The Morgan fingerprint density at radius 1 is 1.36 bits per heavy atom. The highest BCUT2D eigenvalue weighted by Gasteiger charge is 1.98. The van der Waals surface area contributed by atoms with Crippen molar-refractivity contribution in [3.63, 3.8) is 0 Å². The molecule has 3 nitrogen and oxygen atoms in total. The molecule has 0 heterocycles. The van der Waals surface area contributed by atoms with E-state index in [0.717, 1.165) is 32.1 Å². The number of carbonyl (C=O) groups excluding carboxylic acids is 1. The number of nitriles is 1. The summed E-state index contributed by atoms with van der Waals surface area (Å²) in [5, 5.41) is 8.21. The standard InChI is InChI=1S/C11H17NO2/c1-14-11(13)9-7-5-3-2-4-6-8-10-12/h6,8H,2-5,7,9H2,1H3/b8-6-. The molecule has 0 fully saturated rings. The maximum absolute atomic E-state index is 10.7. The first-order chi connectivity index (χ1) is 6.81. The molecule has 3 heteroatoms. The van der Waals surface area contributed by atoms with Gasteiger partial charge in [-0.05, 0) is 19.3 Å². The van der Waals surface area contributed by atoms with Crippen molar-refractivity contribution in [2.45, 2.75) is 38.5 Å². The Balaban J connectivity index is 3.11. The molecule has 0 saturated carbocycles. The van der Waals surface area contributed by atoms with Crippen molar-refractivity contribution >= 4 is 5.97 Å². The van der Waals surface area contributed by atoms with Gasteiger partial charge in [-0.1, -0.05) is 18.9 Å². The van der Waals surface area contributed by atoms with E-state index in [9.17, 15) is 4.79 Å². The topological polar surface area (TPSA) is 50.1 Å². The monoisotopic (exact) mass is 195 g/mol. The van der Waals surface area contributed by atoms with E-state index in [0.29, 0.717) is 6.42 Å². The lowest BCUT2D eigenvalue weighted by atomic mass is 10.1. The van der Waals surface area contributed by atoms with E-state index >= 15 is 0 Å². The summed E-state index contributed by atoms with van der Waals surface area (Å²) in [6.07, 6.45) is 8.99. The van der Waals surface area contributed by atoms with Gasteiger partial charge in [0.2, 0.25) is 0 Å². The summed E-state index contributed by atoms with van der Waals surface area (Å²) >= 11 is 0. The number of nitrogens with zero attached hydrogens (tertiary/aromatic N) is 1. The first-order valence-corrected chi connectivity index (χ1v) is 4.92. The van der Waals surface area contributed by atoms with E-state index in [-0.39, 0.29) is 5.97 Å². The molecule has 0 bridgehead atoms. The maximum Gasteiger partial charge on any atom is 0.305 e. The van der Waals surface area contributed by atoms with Crippen LogP contribution >= 0.6 is 0 Å². The van der Waals surface area contributed by atoms with Crippen LogP contribution in [0.2, 0.25) is 0 Å². The highest BCUT2D eigenvalue weighted by atomic mass is 16.5. The molecular weight excluding hydrogens is 178 g/mol. The van der Waals surface area contributed by atoms with Gasteiger partial charge in [0.25, 0.3) is 0 Å². The predicted octanol–water partition coefficient (Wildman–Crippen LogP) is 2.58. The third-order valence-corrected chi connectivity index (χ3v) is 1.92. The molecular formula is C11H17NO2. The van der Waals surface area contributed by atoms with Gasteiger partial charge in [-0.3, -0.25) is 4.79 Å². The summed E-state index contributed by atoms with van der Waals surface area (Å²) in [6.45, 7) is 0. The fraction of sp³-hybridized carbons (Fsp3) is 0.636. The molecule has 0 unspecified atom stereocenters. The van der Waals surface area contributed by atoms with E-state index in [4.69, 9.17) is 5.26 Å². The fourth-order valence-corrected chi connectivity index (χ4v) is 1.12. The Kier molecular flexibility index (Phi) is 8.88. The molecule has 0 amide bonds. The van der Waals surface area contributed by atoms with Gasteiger partial charge in [0, 0.05) is 12.5 Å². The number of methoxy groups -OCH3 is 1. The summed E-state index contributed by atoms with van der Waals surface area (Å²) in [5.41, 5.74) is 0. The van der Waals surface area contributed by atoms with Crippen LogP contribution in [0.25, 0.3) is 0 Å². The zero-order valence-corrected chi connectivity index (χ0v) is 8.66. The van der Waals surface area contributed by atoms with Crippen molar-refractivity contribution in [3.8, 4) is 6.07 Å². The zero-order valence-electron chi connectivity index (χ0n) is 8.66. The molecule has 0 spiro atoms. The third kappa shape index (κ3) is 8.79. The quantitative estimate of drug-likeness (QED) is 0.356. The molecule has 0 aromatic carbocycles. The van der Waals surface area contributed by atoms with E-state index in [1.165, 1.54) is 13.2 Å². The lowest BCUT2D eigenvalue weighted by molar-refractivity contribution is -0.140. The van der Waals surface area contributed by atoms with Gasteiger partial charge in [0.1, 0.15) is 0 Å². The van der Waals surface area contributed by atoms with Crippen LogP contribution < -0.4 is 0 Å².